The minimum Gasteiger partial charge on any atom is -0.494 e. The summed E-state index contributed by atoms with van der Waals surface area (Å²) in [5.74, 6) is 0.589. The number of anilines is 2. The van der Waals surface area contributed by atoms with Crippen LogP contribution in [0.25, 0.3) is 0 Å². The van der Waals surface area contributed by atoms with Gasteiger partial charge in [0.2, 0.25) is 5.91 Å². The fraction of sp³-hybridized carbons (Fsp3) is 0.333. The van der Waals surface area contributed by atoms with Crippen molar-refractivity contribution in [2.75, 3.05) is 23.8 Å². The topological polar surface area (TPSA) is 70.7 Å². The van der Waals surface area contributed by atoms with Gasteiger partial charge in [-0.05, 0) is 63.1 Å². The van der Waals surface area contributed by atoms with Crippen LogP contribution < -0.4 is 15.4 Å². The van der Waals surface area contributed by atoms with Crippen LogP contribution in [0.1, 0.15) is 25.3 Å². The summed E-state index contributed by atoms with van der Waals surface area (Å²) in [5.41, 5.74) is 2.54. The quantitative estimate of drug-likeness (QED) is 0.838. The van der Waals surface area contributed by atoms with Crippen LogP contribution in [0.4, 0.5) is 16.2 Å². The first-order valence-electron chi connectivity index (χ1n) is 9.25. The summed E-state index contributed by atoms with van der Waals surface area (Å²) in [6.07, 6.45) is 1.47. The number of nitrogens with one attached hydrogen (secondary N) is 2. The number of benzene rings is 2. The van der Waals surface area contributed by atoms with E-state index in [9.17, 15) is 9.59 Å². The molecule has 0 saturated carbocycles. The van der Waals surface area contributed by atoms with Crippen molar-refractivity contribution in [3.05, 3.63) is 54.1 Å². The smallest absolute Gasteiger partial charge is 0.322 e. The Morgan fingerprint density at radius 1 is 1.04 bits per heavy atom. The Morgan fingerprint density at radius 3 is 2.33 bits per heavy atom. The third-order valence-electron chi connectivity index (χ3n) is 4.55. The lowest BCUT2D eigenvalue weighted by Gasteiger charge is -2.24. The molecule has 6 nitrogen and oxygen atoms in total. The molecule has 6 heteroatoms. The summed E-state index contributed by atoms with van der Waals surface area (Å²) in [5, 5.41) is 5.76. The lowest BCUT2D eigenvalue weighted by atomic mass is 10.2. The molecular weight excluding hydrogens is 342 g/mol. The van der Waals surface area contributed by atoms with Gasteiger partial charge in [-0.3, -0.25) is 4.79 Å². The number of amides is 3. The molecule has 0 unspecified atom stereocenters. The van der Waals surface area contributed by atoms with Crippen LogP contribution in [-0.4, -0.2) is 36.0 Å². The number of hydrogen-bond donors (Lipinski definition) is 2. The number of nitrogens with zero attached hydrogens (tertiary/aromatic N) is 1. The summed E-state index contributed by atoms with van der Waals surface area (Å²) in [6, 6.07) is 14.1. The van der Waals surface area contributed by atoms with Crippen molar-refractivity contribution in [3.8, 4) is 5.75 Å². The molecule has 2 N–H and O–H groups in total. The van der Waals surface area contributed by atoms with Gasteiger partial charge in [0.15, 0.2) is 0 Å². The molecule has 2 aromatic rings. The molecule has 0 radical (unpaired) electrons. The van der Waals surface area contributed by atoms with Gasteiger partial charge in [-0.1, -0.05) is 17.7 Å². The second-order valence-corrected chi connectivity index (χ2v) is 6.59. The van der Waals surface area contributed by atoms with Gasteiger partial charge in [0.05, 0.1) is 6.61 Å². The first-order chi connectivity index (χ1) is 13.1. The van der Waals surface area contributed by atoms with Crippen LogP contribution in [-0.2, 0) is 4.79 Å². The molecule has 1 atom stereocenters. The van der Waals surface area contributed by atoms with Gasteiger partial charge < -0.3 is 20.3 Å². The molecule has 3 rings (SSSR count). The minimum atomic E-state index is -0.470. The third-order valence-corrected chi connectivity index (χ3v) is 4.55. The van der Waals surface area contributed by atoms with Gasteiger partial charge in [0, 0.05) is 17.9 Å². The zero-order valence-corrected chi connectivity index (χ0v) is 15.7. The number of hydrogen-bond acceptors (Lipinski definition) is 3. The maximum absolute atomic E-state index is 12.7. The number of urea groups is 1. The Kier molecular flexibility index (Phi) is 5.96. The summed E-state index contributed by atoms with van der Waals surface area (Å²) in [7, 11) is 0. The lowest BCUT2D eigenvalue weighted by molar-refractivity contribution is -0.119. The second kappa shape index (κ2) is 8.58. The van der Waals surface area contributed by atoms with E-state index in [-0.39, 0.29) is 11.9 Å². The average molecular weight is 367 g/mol. The van der Waals surface area contributed by atoms with E-state index >= 15 is 0 Å². The molecule has 2 aromatic carbocycles. The van der Waals surface area contributed by atoms with Gasteiger partial charge in [-0.2, -0.15) is 0 Å². The summed E-state index contributed by atoms with van der Waals surface area (Å²) in [6.45, 7) is 5.08. The lowest BCUT2D eigenvalue weighted by Crippen LogP contribution is -2.45. The largest absolute Gasteiger partial charge is 0.494 e. The zero-order chi connectivity index (χ0) is 19.2. The van der Waals surface area contributed by atoms with Crippen molar-refractivity contribution in [2.45, 2.75) is 32.7 Å². The van der Waals surface area contributed by atoms with Gasteiger partial charge >= 0.3 is 6.03 Å². The third kappa shape index (κ3) is 4.78. The Labute approximate surface area is 159 Å². The minimum absolute atomic E-state index is 0.171. The van der Waals surface area contributed by atoms with Crippen LogP contribution in [0.3, 0.4) is 0 Å². The first-order valence-corrected chi connectivity index (χ1v) is 9.25. The van der Waals surface area contributed by atoms with Gasteiger partial charge in [0.1, 0.15) is 11.8 Å². The van der Waals surface area contributed by atoms with Gasteiger partial charge in [-0.25, -0.2) is 4.79 Å². The molecule has 27 heavy (non-hydrogen) atoms. The maximum Gasteiger partial charge on any atom is 0.322 e. The molecule has 1 aliphatic heterocycles. The molecule has 1 saturated heterocycles. The van der Waals surface area contributed by atoms with E-state index in [4.69, 9.17) is 4.74 Å². The predicted molar refractivity (Wildman–Crippen MR) is 106 cm³/mol. The predicted octanol–water partition coefficient (Wildman–Crippen LogP) is 4.03. The zero-order valence-electron chi connectivity index (χ0n) is 15.7. The number of likely N-dealkylation sites (tertiary alicyclic amines) is 1. The number of aryl methyl sites for hydroxylation is 1. The van der Waals surface area contributed by atoms with Crippen LogP contribution in [0.5, 0.6) is 5.75 Å². The van der Waals surface area contributed by atoms with Crippen LogP contribution >= 0.6 is 0 Å². The molecular formula is C21H25N3O3. The number of ether oxygens (including phenoxy) is 1. The Hall–Kier alpha value is -3.02. The Morgan fingerprint density at radius 2 is 1.67 bits per heavy atom. The molecule has 142 valence electrons. The van der Waals surface area contributed by atoms with Crippen molar-refractivity contribution in [1.82, 2.24) is 4.90 Å². The first kappa shape index (κ1) is 18.8. The van der Waals surface area contributed by atoms with Crippen LogP contribution in [0.2, 0.25) is 0 Å². The summed E-state index contributed by atoms with van der Waals surface area (Å²) < 4.78 is 5.40. The van der Waals surface area contributed by atoms with E-state index in [1.807, 2.05) is 50.2 Å². The summed E-state index contributed by atoms with van der Waals surface area (Å²) >= 11 is 0. The fourth-order valence-corrected chi connectivity index (χ4v) is 3.14. The highest BCUT2D eigenvalue weighted by Gasteiger charge is 2.34. The molecule has 1 heterocycles. The van der Waals surface area contributed by atoms with Crippen molar-refractivity contribution in [2.24, 2.45) is 0 Å². The highest BCUT2D eigenvalue weighted by atomic mass is 16.5. The summed E-state index contributed by atoms with van der Waals surface area (Å²) in [4.78, 5) is 26.9. The SMILES string of the molecule is CCOc1ccc(NC(=O)[C@H]2CCCN2C(=O)Nc2ccc(C)cc2)cc1. The highest BCUT2D eigenvalue weighted by Crippen LogP contribution is 2.22. The Balaban J connectivity index is 1.61. The standard InChI is InChI=1S/C21H25N3O3/c1-3-27-18-12-10-16(11-13-18)22-20(25)19-5-4-14-24(19)21(26)23-17-8-6-15(2)7-9-17/h6-13,19H,3-5,14H2,1-2H3,(H,22,25)(H,23,26)/t19-/m1/s1. The monoisotopic (exact) mass is 367 g/mol. The fourth-order valence-electron chi connectivity index (χ4n) is 3.14. The van der Waals surface area contributed by atoms with Crippen molar-refractivity contribution in [3.63, 3.8) is 0 Å². The van der Waals surface area contributed by atoms with Crippen molar-refractivity contribution >= 4 is 23.3 Å². The molecule has 1 fully saturated rings. The second-order valence-electron chi connectivity index (χ2n) is 6.59. The van der Waals surface area contributed by atoms with Gasteiger partial charge in [0.25, 0.3) is 0 Å². The number of rotatable bonds is 5. The normalized spacial score (nSPS) is 16.1. The number of carbonyl (C=O) groups excluding carboxylic acids is 2. The van der Waals surface area contributed by atoms with E-state index in [0.29, 0.717) is 25.3 Å². The molecule has 3 amide bonds. The van der Waals surface area contributed by atoms with Crippen molar-refractivity contribution < 1.29 is 14.3 Å². The molecule has 0 bridgehead atoms. The van der Waals surface area contributed by atoms with Gasteiger partial charge in [-0.15, -0.1) is 0 Å². The van der Waals surface area contributed by atoms with Crippen LogP contribution in [0.15, 0.2) is 48.5 Å². The maximum atomic E-state index is 12.7. The van der Waals surface area contributed by atoms with Crippen LogP contribution in [0, 0.1) is 6.92 Å². The van der Waals surface area contributed by atoms with Crippen molar-refractivity contribution in [1.29, 1.82) is 0 Å². The van der Waals surface area contributed by atoms with E-state index < -0.39 is 6.04 Å². The molecule has 0 aliphatic carbocycles. The van der Waals surface area contributed by atoms with E-state index in [0.717, 1.165) is 23.4 Å². The average Bonchev–Trinajstić information content (AvgIpc) is 3.15. The van der Waals surface area contributed by atoms with E-state index in [2.05, 4.69) is 10.6 Å². The molecule has 1 aliphatic rings. The van der Waals surface area contributed by atoms with E-state index in [1.165, 1.54) is 0 Å². The molecule has 0 spiro atoms. The van der Waals surface area contributed by atoms with E-state index in [1.54, 1.807) is 17.0 Å². The number of carbonyl (C=O) groups is 2. The molecule has 0 aromatic heterocycles. The Bertz CT molecular complexity index is 787. The highest BCUT2D eigenvalue weighted by molar-refractivity contribution is 5.99.